The maximum atomic E-state index is 13.2. The minimum Gasteiger partial charge on any atom is -0.394 e. The van der Waals surface area contributed by atoms with Crippen molar-refractivity contribution < 1.29 is 64.6 Å². The lowest BCUT2D eigenvalue weighted by atomic mass is 9.97. The summed E-state index contributed by atoms with van der Waals surface area (Å²) < 4.78 is 22.7. The molecule has 0 aromatic carbocycles. The number of amides is 1. The van der Waals surface area contributed by atoms with Gasteiger partial charge in [0.25, 0.3) is 0 Å². The number of nitrogens with one attached hydrogen (secondary N) is 1. The van der Waals surface area contributed by atoms with E-state index < -0.39 is 86.8 Å². The van der Waals surface area contributed by atoms with E-state index in [4.69, 9.17) is 18.9 Å². The van der Waals surface area contributed by atoms with Gasteiger partial charge in [-0.3, -0.25) is 4.79 Å². The lowest BCUT2D eigenvalue weighted by Gasteiger charge is -2.46. The quantitative estimate of drug-likeness (QED) is 0.0204. The molecular formula is C60H113NO13. The number of allylic oxidation sites excluding steroid dienone is 3. The van der Waals surface area contributed by atoms with Crippen molar-refractivity contribution in [3.8, 4) is 0 Å². The lowest BCUT2D eigenvalue weighted by molar-refractivity contribution is -0.359. The van der Waals surface area contributed by atoms with Crippen LogP contribution in [0.15, 0.2) is 24.3 Å². The summed E-state index contributed by atoms with van der Waals surface area (Å²) in [5.74, 6) is -0.245. The number of hydrogen-bond acceptors (Lipinski definition) is 13. The van der Waals surface area contributed by atoms with Gasteiger partial charge in [0.15, 0.2) is 12.6 Å². The highest BCUT2D eigenvalue weighted by Crippen LogP contribution is 2.30. The van der Waals surface area contributed by atoms with Crippen molar-refractivity contribution in [1.29, 1.82) is 0 Å². The van der Waals surface area contributed by atoms with E-state index in [1.54, 1.807) is 6.08 Å². The van der Waals surface area contributed by atoms with Crippen molar-refractivity contribution in [3.05, 3.63) is 24.3 Å². The average molecular weight is 1060 g/mol. The van der Waals surface area contributed by atoms with E-state index in [2.05, 4.69) is 31.3 Å². The zero-order valence-corrected chi connectivity index (χ0v) is 46.8. The Morgan fingerprint density at radius 3 is 1.32 bits per heavy atom. The molecule has 2 fully saturated rings. The molecule has 74 heavy (non-hydrogen) atoms. The first-order valence-electron chi connectivity index (χ1n) is 30.6. The van der Waals surface area contributed by atoms with E-state index in [-0.39, 0.29) is 18.9 Å². The van der Waals surface area contributed by atoms with E-state index in [0.717, 1.165) is 32.1 Å². The van der Waals surface area contributed by atoms with Gasteiger partial charge in [0.1, 0.15) is 48.8 Å². The van der Waals surface area contributed by atoms with E-state index in [1.165, 1.54) is 193 Å². The zero-order chi connectivity index (χ0) is 53.9. The molecule has 2 aliphatic heterocycles. The number of carbonyl (C=O) groups is 1. The summed E-state index contributed by atoms with van der Waals surface area (Å²) in [6.45, 7) is 2.79. The predicted molar refractivity (Wildman–Crippen MR) is 295 cm³/mol. The van der Waals surface area contributed by atoms with Crippen LogP contribution in [0, 0.1) is 0 Å². The van der Waals surface area contributed by atoms with E-state index >= 15 is 0 Å². The van der Waals surface area contributed by atoms with Crippen LogP contribution in [0.1, 0.15) is 258 Å². The molecule has 12 atom stereocenters. The Bertz CT molecular complexity index is 1340. The smallest absolute Gasteiger partial charge is 0.220 e. The Labute approximate surface area is 449 Å². The van der Waals surface area contributed by atoms with Crippen LogP contribution < -0.4 is 5.32 Å². The molecule has 0 aliphatic carbocycles. The van der Waals surface area contributed by atoms with Crippen LogP contribution in [-0.4, -0.2) is 140 Å². The van der Waals surface area contributed by atoms with Crippen LogP contribution in [0.25, 0.3) is 0 Å². The number of unbranched alkanes of at least 4 members (excludes halogenated alkanes) is 34. The molecule has 14 heteroatoms. The first-order valence-corrected chi connectivity index (χ1v) is 30.6. The Kier molecular flexibility index (Phi) is 43.0. The van der Waals surface area contributed by atoms with Crippen molar-refractivity contribution in [1.82, 2.24) is 5.32 Å². The van der Waals surface area contributed by atoms with Crippen LogP contribution in [0.3, 0.4) is 0 Å². The molecule has 436 valence electrons. The van der Waals surface area contributed by atoms with Gasteiger partial charge in [-0.05, 0) is 32.1 Å². The van der Waals surface area contributed by atoms with Crippen molar-refractivity contribution in [2.75, 3.05) is 19.8 Å². The van der Waals surface area contributed by atoms with Crippen molar-refractivity contribution in [3.63, 3.8) is 0 Å². The summed E-state index contributed by atoms with van der Waals surface area (Å²) in [5, 5.41) is 87.0. The SMILES string of the molecule is CCCCCCCCCC/C=C/CC/C=C/C(O)C(COC1OC(CO)C(OC2OC(CO)C(O)C(O)C2O)C(O)C1O)NC(=O)CCCCCCCCCCCCCCCCCCCCCCCCCCCC. The third kappa shape index (κ3) is 31.8. The molecule has 12 unspecified atom stereocenters. The van der Waals surface area contributed by atoms with Crippen LogP contribution in [-0.2, 0) is 23.7 Å². The summed E-state index contributed by atoms with van der Waals surface area (Å²) in [6.07, 6.45) is 38.1. The number of aliphatic hydroxyl groups is 8. The molecule has 0 spiro atoms. The average Bonchev–Trinajstić information content (AvgIpc) is 3.40. The maximum Gasteiger partial charge on any atom is 0.220 e. The minimum atomic E-state index is -1.79. The van der Waals surface area contributed by atoms with Gasteiger partial charge < -0.3 is 65.1 Å². The second kappa shape index (κ2) is 46.4. The van der Waals surface area contributed by atoms with Gasteiger partial charge in [-0.25, -0.2) is 0 Å². The molecule has 2 saturated heterocycles. The van der Waals surface area contributed by atoms with Gasteiger partial charge in [0.05, 0.1) is 32.0 Å². The number of rotatable bonds is 49. The van der Waals surface area contributed by atoms with Crippen molar-refractivity contribution in [2.24, 2.45) is 0 Å². The fourth-order valence-corrected chi connectivity index (χ4v) is 10.2. The van der Waals surface area contributed by atoms with Crippen molar-refractivity contribution in [2.45, 2.75) is 331 Å². The van der Waals surface area contributed by atoms with Gasteiger partial charge in [-0.15, -0.1) is 0 Å². The number of ether oxygens (including phenoxy) is 4. The molecule has 2 aliphatic rings. The third-order valence-corrected chi connectivity index (χ3v) is 15.1. The summed E-state index contributed by atoms with van der Waals surface area (Å²) in [7, 11) is 0. The standard InChI is InChI=1S/C60H113NO13/c1-3-5-7-9-11-13-15-17-19-20-21-22-23-24-25-26-27-28-29-30-32-34-36-38-40-42-44-52(65)61-48(49(64)43-41-39-37-35-33-31-18-16-14-12-10-8-6-4-2)47-71-59-57(70)55(68)58(51(46-63)73-59)74-60-56(69)54(67)53(66)50(45-62)72-60/h33,35,41,43,48-51,53-60,62-64,66-70H,3-32,34,36-40,42,44-47H2,1-2H3,(H,61,65)/b35-33+,43-41+. The largest absolute Gasteiger partial charge is 0.394 e. The van der Waals surface area contributed by atoms with E-state index in [1.807, 2.05) is 6.08 Å². The molecule has 9 N–H and O–H groups in total. The normalized spacial score (nSPS) is 25.3. The van der Waals surface area contributed by atoms with Gasteiger partial charge in [-0.1, -0.05) is 244 Å². The minimum absolute atomic E-state index is 0.245. The fraction of sp³-hybridized carbons (Fsp3) is 0.917. The number of hydrogen-bond donors (Lipinski definition) is 9. The second-order valence-corrected chi connectivity index (χ2v) is 21.8. The first-order chi connectivity index (χ1) is 36.1. The molecule has 0 aromatic heterocycles. The third-order valence-electron chi connectivity index (χ3n) is 15.1. The summed E-state index contributed by atoms with van der Waals surface area (Å²) >= 11 is 0. The molecular weight excluding hydrogens is 943 g/mol. The summed E-state index contributed by atoms with van der Waals surface area (Å²) in [4.78, 5) is 13.2. The Morgan fingerprint density at radius 1 is 0.473 bits per heavy atom. The molecule has 2 rings (SSSR count). The van der Waals surface area contributed by atoms with E-state index in [9.17, 15) is 45.6 Å². The summed E-state index contributed by atoms with van der Waals surface area (Å²) in [5.41, 5.74) is 0. The molecule has 1 amide bonds. The van der Waals surface area contributed by atoms with Crippen molar-refractivity contribution >= 4 is 5.91 Å². The Hall–Kier alpha value is -1.53. The highest BCUT2D eigenvalue weighted by molar-refractivity contribution is 5.76. The molecule has 0 saturated carbocycles. The molecule has 0 aromatic rings. The molecule has 0 radical (unpaired) electrons. The van der Waals surface area contributed by atoms with Crippen LogP contribution >= 0.6 is 0 Å². The summed E-state index contributed by atoms with van der Waals surface area (Å²) in [6, 6.07) is -0.927. The van der Waals surface area contributed by atoms with Gasteiger partial charge >= 0.3 is 0 Å². The van der Waals surface area contributed by atoms with Crippen LogP contribution in [0.4, 0.5) is 0 Å². The molecule has 2 heterocycles. The fourth-order valence-electron chi connectivity index (χ4n) is 10.2. The maximum absolute atomic E-state index is 13.2. The highest BCUT2D eigenvalue weighted by Gasteiger charge is 2.51. The van der Waals surface area contributed by atoms with Gasteiger partial charge in [0, 0.05) is 6.42 Å². The molecule has 0 bridgehead atoms. The number of aliphatic hydroxyl groups excluding tert-OH is 8. The predicted octanol–water partition coefficient (Wildman–Crippen LogP) is 10.4. The highest BCUT2D eigenvalue weighted by atomic mass is 16.7. The van der Waals surface area contributed by atoms with Gasteiger partial charge in [0.2, 0.25) is 5.91 Å². The Morgan fingerprint density at radius 2 is 0.865 bits per heavy atom. The van der Waals surface area contributed by atoms with Gasteiger partial charge in [-0.2, -0.15) is 0 Å². The lowest BCUT2D eigenvalue weighted by Crippen LogP contribution is -2.65. The monoisotopic (exact) mass is 1060 g/mol. The Balaban J connectivity index is 1.71. The molecule has 14 nitrogen and oxygen atoms in total. The topological polar surface area (TPSA) is 228 Å². The second-order valence-electron chi connectivity index (χ2n) is 21.8. The van der Waals surface area contributed by atoms with E-state index in [0.29, 0.717) is 12.8 Å². The zero-order valence-electron chi connectivity index (χ0n) is 46.8. The van der Waals surface area contributed by atoms with Crippen LogP contribution in [0.5, 0.6) is 0 Å². The first kappa shape index (κ1) is 68.6. The number of carbonyl (C=O) groups excluding carboxylic acids is 1. The van der Waals surface area contributed by atoms with Crippen LogP contribution in [0.2, 0.25) is 0 Å².